The fraction of sp³-hybridized carbons (Fsp3) is 0.278. The number of carbonyl (C=O) groups excluding carboxylic acids is 1. The molecule has 0 aliphatic carbocycles. The summed E-state index contributed by atoms with van der Waals surface area (Å²) in [5.41, 5.74) is 7.73. The molecule has 2 aromatic rings. The third-order valence-corrected chi connectivity index (χ3v) is 3.64. The molecule has 0 bridgehead atoms. The predicted octanol–water partition coefficient (Wildman–Crippen LogP) is 2.11. The zero-order valence-corrected chi connectivity index (χ0v) is 13.9. The van der Waals surface area contributed by atoms with Crippen molar-refractivity contribution in [3.05, 3.63) is 71.8 Å². The van der Waals surface area contributed by atoms with Crippen molar-refractivity contribution in [3.63, 3.8) is 0 Å². The summed E-state index contributed by atoms with van der Waals surface area (Å²) in [7, 11) is 1.67. The fourth-order valence-electron chi connectivity index (χ4n) is 2.32. The average molecular weight is 335 g/mol. The minimum Gasteiger partial charge on any atom is -0.390 e. The van der Waals surface area contributed by atoms with E-state index in [-0.39, 0.29) is 24.9 Å². The maximum atomic E-state index is 12.2. The zero-order chi connectivity index (χ0) is 15.9. The molecule has 2 rings (SSSR count). The number of rotatable bonds is 6. The summed E-state index contributed by atoms with van der Waals surface area (Å²) in [6.45, 7) is 0.210. The molecular formula is C18H23ClN2O2. The summed E-state index contributed by atoms with van der Waals surface area (Å²) < 4.78 is 0. The van der Waals surface area contributed by atoms with Crippen LogP contribution < -0.4 is 5.73 Å². The molecule has 2 aromatic carbocycles. The van der Waals surface area contributed by atoms with Gasteiger partial charge in [0.25, 0.3) is 5.91 Å². The van der Waals surface area contributed by atoms with Crippen LogP contribution in [-0.2, 0) is 6.42 Å². The molecular weight excluding hydrogens is 312 g/mol. The Kier molecular flexibility index (Phi) is 7.75. The smallest absolute Gasteiger partial charge is 0.253 e. The van der Waals surface area contributed by atoms with Crippen LogP contribution in [0.15, 0.2) is 60.7 Å². The third-order valence-electron chi connectivity index (χ3n) is 3.64. The average Bonchev–Trinajstić information content (AvgIpc) is 2.55. The number of benzene rings is 2. The van der Waals surface area contributed by atoms with E-state index in [1.54, 1.807) is 19.2 Å². The van der Waals surface area contributed by atoms with Crippen molar-refractivity contribution >= 4 is 18.3 Å². The van der Waals surface area contributed by atoms with Gasteiger partial charge in [0.15, 0.2) is 0 Å². The standard InChI is InChI=1S/C18H22N2O2.ClH/c1-20(18(22)15-10-6-3-7-11-15)13-17(21)16(19)12-14-8-4-2-5-9-14;/h2-11,16-17,21H,12-13,19H2,1H3;1H/t16-,17+;/m1./s1. The van der Waals surface area contributed by atoms with Gasteiger partial charge in [0.2, 0.25) is 0 Å². The summed E-state index contributed by atoms with van der Waals surface area (Å²) in [6, 6.07) is 18.4. The van der Waals surface area contributed by atoms with E-state index in [1.165, 1.54) is 4.90 Å². The highest BCUT2D eigenvalue weighted by atomic mass is 35.5. The molecule has 2 atom stereocenters. The molecule has 3 N–H and O–H groups in total. The Morgan fingerprint density at radius 2 is 1.61 bits per heavy atom. The van der Waals surface area contributed by atoms with Gasteiger partial charge in [-0.05, 0) is 24.1 Å². The summed E-state index contributed by atoms with van der Waals surface area (Å²) in [5.74, 6) is -0.119. The van der Waals surface area contributed by atoms with E-state index >= 15 is 0 Å². The van der Waals surface area contributed by atoms with E-state index in [4.69, 9.17) is 5.73 Å². The number of amides is 1. The second kappa shape index (κ2) is 9.30. The number of halogens is 1. The van der Waals surface area contributed by atoms with Crippen LogP contribution in [0, 0.1) is 0 Å². The van der Waals surface area contributed by atoms with Gasteiger partial charge in [-0.2, -0.15) is 0 Å². The first-order valence-corrected chi connectivity index (χ1v) is 7.36. The number of hydrogen-bond donors (Lipinski definition) is 2. The molecule has 0 fully saturated rings. The molecule has 0 aromatic heterocycles. The normalized spacial score (nSPS) is 12.8. The van der Waals surface area contributed by atoms with Crippen molar-refractivity contribution in [2.75, 3.05) is 13.6 Å². The summed E-state index contributed by atoms with van der Waals surface area (Å²) in [6.07, 6.45) is -0.187. The molecule has 0 aliphatic rings. The van der Waals surface area contributed by atoms with E-state index in [1.807, 2.05) is 48.5 Å². The number of aliphatic hydroxyl groups excluding tert-OH is 1. The second-order valence-corrected chi connectivity index (χ2v) is 5.47. The van der Waals surface area contributed by atoms with E-state index in [0.29, 0.717) is 12.0 Å². The molecule has 0 unspecified atom stereocenters. The molecule has 1 amide bonds. The lowest BCUT2D eigenvalue weighted by Crippen LogP contribution is -2.45. The largest absolute Gasteiger partial charge is 0.390 e. The first-order chi connectivity index (χ1) is 10.6. The molecule has 124 valence electrons. The van der Waals surface area contributed by atoms with Gasteiger partial charge < -0.3 is 15.7 Å². The van der Waals surface area contributed by atoms with Crippen LogP contribution in [0.5, 0.6) is 0 Å². The lowest BCUT2D eigenvalue weighted by atomic mass is 10.0. The first kappa shape index (κ1) is 19.2. The van der Waals surface area contributed by atoms with Gasteiger partial charge in [0, 0.05) is 25.2 Å². The minimum absolute atomic E-state index is 0. The van der Waals surface area contributed by atoms with E-state index in [0.717, 1.165) is 5.56 Å². The van der Waals surface area contributed by atoms with Crippen molar-refractivity contribution in [2.24, 2.45) is 5.73 Å². The van der Waals surface area contributed by atoms with Crippen LogP contribution in [0.2, 0.25) is 0 Å². The number of likely N-dealkylation sites (N-methyl/N-ethyl adjacent to an activating group) is 1. The summed E-state index contributed by atoms with van der Waals surface area (Å²) in [5, 5.41) is 10.2. The Morgan fingerprint density at radius 1 is 1.09 bits per heavy atom. The Balaban J connectivity index is 0.00000264. The predicted molar refractivity (Wildman–Crippen MR) is 94.8 cm³/mol. The minimum atomic E-state index is -0.766. The topological polar surface area (TPSA) is 66.6 Å². The van der Waals surface area contributed by atoms with Gasteiger partial charge in [-0.1, -0.05) is 48.5 Å². The first-order valence-electron chi connectivity index (χ1n) is 7.36. The fourth-order valence-corrected chi connectivity index (χ4v) is 2.32. The maximum absolute atomic E-state index is 12.2. The van der Waals surface area contributed by atoms with Crippen LogP contribution in [0.25, 0.3) is 0 Å². The number of carbonyl (C=O) groups is 1. The number of hydrogen-bond acceptors (Lipinski definition) is 3. The molecule has 4 nitrogen and oxygen atoms in total. The van der Waals surface area contributed by atoms with Crippen molar-refractivity contribution in [1.82, 2.24) is 4.90 Å². The van der Waals surface area contributed by atoms with Gasteiger partial charge in [0.1, 0.15) is 0 Å². The molecule has 0 saturated carbocycles. The van der Waals surface area contributed by atoms with Crippen LogP contribution in [0.3, 0.4) is 0 Å². The molecule has 0 heterocycles. The zero-order valence-electron chi connectivity index (χ0n) is 13.1. The van der Waals surface area contributed by atoms with Crippen molar-refractivity contribution in [1.29, 1.82) is 0 Å². The molecule has 5 heteroatoms. The highest BCUT2D eigenvalue weighted by Crippen LogP contribution is 2.08. The highest BCUT2D eigenvalue weighted by molar-refractivity contribution is 5.94. The molecule has 0 spiro atoms. The number of nitrogens with two attached hydrogens (primary N) is 1. The molecule has 0 radical (unpaired) electrons. The molecule has 0 saturated heterocycles. The van der Waals surface area contributed by atoms with Crippen LogP contribution >= 0.6 is 12.4 Å². The van der Waals surface area contributed by atoms with E-state index < -0.39 is 12.1 Å². The Bertz CT molecular complexity index is 592. The van der Waals surface area contributed by atoms with Crippen molar-refractivity contribution in [3.8, 4) is 0 Å². The molecule has 23 heavy (non-hydrogen) atoms. The quantitative estimate of drug-likeness (QED) is 0.850. The van der Waals surface area contributed by atoms with Crippen molar-refractivity contribution in [2.45, 2.75) is 18.6 Å². The Morgan fingerprint density at radius 3 is 2.17 bits per heavy atom. The SMILES string of the molecule is CN(C[C@H](O)[C@H](N)Cc1ccccc1)C(=O)c1ccccc1.Cl. The van der Waals surface area contributed by atoms with E-state index in [9.17, 15) is 9.90 Å². The Hall–Kier alpha value is -1.88. The van der Waals surface area contributed by atoms with Crippen molar-refractivity contribution < 1.29 is 9.90 Å². The number of nitrogens with zero attached hydrogens (tertiary/aromatic N) is 1. The lowest BCUT2D eigenvalue weighted by molar-refractivity contribution is 0.0636. The lowest BCUT2D eigenvalue weighted by Gasteiger charge is -2.25. The van der Waals surface area contributed by atoms with E-state index in [2.05, 4.69) is 0 Å². The van der Waals surface area contributed by atoms with Crippen LogP contribution in [0.4, 0.5) is 0 Å². The third kappa shape index (κ3) is 5.67. The summed E-state index contributed by atoms with van der Waals surface area (Å²) >= 11 is 0. The second-order valence-electron chi connectivity index (χ2n) is 5.47. The van der Waals surface area contributed by atoms with Gasteiger partial charge in [-0.3, -0.25) is 4.79 Å². The maximum Gasteiger partial charge on any atom is 0.253 e. The van der Waals surface area contributed by atoms with Gasteiger partial charge in [-0.25, -0.2) is 0 Å². The monoisotopic (exact) mass is 334 g/mol. The molecule has 0 aliphatic heterocycles. The highest BCUT2D eigenvalue weighted by Gasteiger charge is 2.20. The van der Waals surface area contributed by atoms with Gasteiger partial charge in [-0.15, -0.1) is 12.4 Å². The summed E-state index contributed by atoms with van der Waals surface area (Å²) in [4.78, 5) is 13.7. The van der Waals surface area contributed by atoms with Crippen LogP contribution in [0.1, 0.15) is 15.9 Å². The number of aliphatic hydroxyl groups is 1. The van der Waals surface area contributed by atoms with Crippen LogP contribution in [-0.4, -0.2) is 41.7 Å². The van der Waals surface area contributed by atoms with Gasteiger partial charge >= 0.3 is 0 Å². The van der Waals surface area contributed by atoms with Gasteiger partial charge in [0.05, 0.1) is 6.10 Å². The Labute approximate surface area is 143 Å².